The highest BCUT2D eigenvalue weighted by atomic mass is 16.5. The molecule has 0 unspecified atom stereocenters. The smallest absolute Gasteiger partial charge is 0.164 e. The Labute approximate surface area is 325 Å². The summed E-state index contributed by atoms with van der Waals surface area (Å²) in [6, 6.07) is 62.1. The molecule has 1 aliphatic heterocycles. The van der Waals surface area contributed by atoms with Gasteiger partial charge in [0.05, 0.1) is 0 Å². The van der Waals surface area contributed by atoms with Gasteiger partial charge in [-0.3, -0.25) is 0 Å². The Hall–Kier alpha value is -7.17. The first-order valence-corrected chi connectivity index (χ1v) is 19.1. The molecule has 1 aromatic heterocycles. The molecule has 9 aromatic rings. The fraction of sp³-hybridized carbons (Fsp3) is 0.0577. The Morgan fingerprint density at radius 1 is 0.357 bits per heavy atom. The van der Waals surface area contributed by atoms with Crippen molar-refractivity contribution in [2.45, 2.75) is 19.3 Å². The van der Waals surface area contributed by atoms with Crippen LogP contribution in [0.5, 0.6) is 11.5 Å². The fourth-order valence-corrected chi connectivity index (χ4v) is 8.66. The number of benzene rings is 8. The maximum Gasteiger partial charge on any atom is 0.164 e. The van der Waals surface area contributed by atoms with Gasteiger partial charge in [0.15, 0.2) is 17.5 Å². The molecule has 0 atom stereocenters. The van der Waals surface area contributed by atoms with Crippen molar-refractivity contribution in [1.82, 2.24) is 15.0 Å². The highest BCUT2D eigenvalue weighted by Gasteiger charge is 2.35. The number of fused-ring (bicyclic) bond motifs is 5. The molecule has 4 heteroatoms. The van der Waals surface area contributed by atoms with Gasteiger partial charge in [-0.25, -0.2) is 15.0 Å². The maximum atomic E-state index is 6.50. The second-order valence-electron chi connectivity index (χ2n) is 15.2. The molecule has 0 spiro atoms. The lowest BCUT2D eigenvalue weighted by molar-refractivity contribution is 0.487. The van der Waals surface area contributed by atoms with Crippen LogP contribution in [0.2, 0.25) is 0 Å². The summed E-state index contributed by atoms with van der Waals surface area (Å²) in [7, 11) is 0. The molecule has 0 N–H and O–H groups in total. The zero-order chi connectivity index (χ0) is 37.4. The zero-order valence-electron chi connectivity index (χ0n) is 31.0. The van der Waals surface area contributed by atoms with Crippen molar-refractivity contribution < 1.29 is 4.74 Å². The molecule has 0 saturated heterocycles. The molecule has 11 rings (SSSR count). The maximum absolute atomic E-state index is 6.50. The number of hydrogen-bond acceptors (Lipinski definition) is 4. The van der Waals surface area contributed by atoms with Crippen molar-refractivity contribution in [1.29, 1.82) is 0 Å². The van der Waals surface area contributed by atoms with Gasteiger partial charge in [0.2, 0.25) is 0 Å². The van der Waals surface area contributed by atoms with Crippen molar-refractivity contribution in [3.05, 3.63) is 187 Å². The standard InChI is InChI=1S/C52H35N3O/c1-52(2)44-21-10-9-19-40(44)41-25-23-36(31-45(41)52)38-27-37(35-24-26-46-43(30-35)42-20-11-17-32-18-12-22-47(56-46)48(32)42)28-39(29-38)51-54-49(33-13-5-3-6-14-33)53-50(55-51)34-15-7-4-8-16-34/h3-31H,1-2H3. The third-order valence-electron chi connectivity index (χ3n) is 11.5. The highest BCUT2D eigenvalue weighted by Crippen LogP contribution is 2.51. The first-order chi connectivity index (χ1) is 27.5. The molecule has 0 saturated carbocycles. The molecule has 264 valence electrons. The summed E-state index contributed by atoms with van der Waals surface area (Å²) in [5.41, 5.74) is 14.6. The lowest BCUT2D eigenvalue weighted by Crippen LogP contribution is -2.14. The third-order valence-corrected chi connectivity index (χ3v) is 11.5. The zero-order valence-corrected chi connectivity index (χ0v) is 31.0. The van der Waals surface area contributed by atoms with Crippen molar-refractivity contribution in [2.75, 3.05) is 0 Å². The summed E-state index contributed by atoms with van der Waals surface area (Å²) >= 11 is 0. The SMILES string of the molecule is CC1(C)c2ccccc2-c2ccc(-c3cc(-c4ccc5c(c4)-c4cccc6cccc(c46)O5)cc(-c4nc(-c5ccccc5)nc(-c5ccccc5)n4)c3)cc21. The summed E-state index contributed by atoms with van der Waals surface area (Å²) in [5, 5.41) is 2.31. The molecule has 4 nitrogen and oxygen atoms in total. The Bertz CT molecular complexity index is 2960. The van der Waals surface area contributed by atoms with E-state index in [1.807, 2.05) is 60.7 Å². The quantitative estimate of drug-likeness (QED) is 0.178. The molecule has 0 fully saturated rings. The molecule has 1 aliphatic carbocycles. The second-order valence-corrected chi connectivity index (χ2v) is 15.2. The minimum atomic E-state index is -0.123. The van der Waals surface area contributed by atoms with Crippen molar-refractivity contribution in [3.8, 4) is 90.2 Å². The van der Waals surface area contributed by atoms with E-state index in [9.17, 15) is 0 Å². The van der Waals surface area contributed by atoms with Crippen molar-refractivity contribution >= 4 is 10.8 Å². The molecule has 56 heavy (non-hydrogen) atoms. The van der Waals surface area contributed by atoms with Gasteiger partial charge in [-0.2, -0.15) is 0 Å². The number of aromatic nitrogens is 3. The van der Waals surface area contributed by atoms with Crippen LogP contribution in [0.1, 0.15) is 25.0 Å². The predicted octanol–water partition coefficient (Wildman–Crippen LogP) is 13.4. The van der Waals surface area contributed by atoms with Gasteiger partial charge in [0.1, 0.15) is 11.5 Å². The van der Waals surface area contributed by atoms with Gasteiger partial charge in [0.25, 0.3) is 0 Å². The van der Waals surface area contributed by atoms with E-state index in [2.05, 4.69) is 129 Å². The lowest BCUT2D eigenvalue weighted by atomic mass is 9.81. The molecule has 0 bridgehead atoms. The van der Waals surface area contributed by atoms with E-state index in [-0.39, 0.29) is 5.41 Å². The van der Waals surface area contributed by atoms with E-state index < -0.39 is 0 Å². The van der Waals surface area contributed by atoms with E-state index >= 15 is 0 Å². The van der Waals surface area contributed by atoms with Crippen LogP contribution in [0.3, 0.4) is 0 Å². The van der Waals surface area contributed by atoms with E-state index in [1.54, 1.807) is 0 Å². The van der Waals surface area contributed by atoms with Crippen molar-refractivity contribution in [2.24, 2.45) is 0 Å². The first kappa shape index (κ1) is 32.3. The summed E-state index contributed by atoms with van der Waals surface area (Å²) in [6.45, 7) is 4.66. The number of ether oxygens (including phenoxy) is 1. The van der Waals surface area contributed by atoms with Crippen LogP contribution in [-0.4, -0.2) is 15.0 Å². The van der Waals surface area contributed by atoms with Gasteiger partial charge < -0.3 is 4.74 Å². The van der Waals surface area contributed by atoms with E-state index in [0.29, 0.717) is 17.5 Å². The molecule has 0 amide bonds. The fourth-order valence-electron chi connectivity index (χ4n) is 8.66. The van der Waals surface area contributed by atoms with Crippen LogP contribution in [0.4, 0.5) is 0 Å². The first-order valence-electron chi connectivity index (χ1n) is 19.1. The average molecular weight is 718 g/mol. The van der Waals surface area contributed by atoms with Crippen LogP contribution in [0, 0.1) is 0 Å². The predicted molar refractivity (Wildman–Crippen MR) is 228 cm³/mol. The Kier molecular flexibility index (Phi) is 7.17. The third kappa shape index (κ3) is 5.18. The molecule has 2 aliphatic rings. The summed E-state index contributed by atoms with van der Waals surface area (Å²) in [6.07, 6.45) is 0. The van der Waals surface area contributed by atoms with Crippen LogP contribution in [0.15, 0.2) is 176 Å². The Morgan fingerprint density at radius 2 is 0.911 bits per heavy atom. The van der Waals surface area contributed by atoms with E-state index in [4.69, 9.17) is 19.7 Å². The molecule has 0 radical (unpaired) electrons. The number of rotatable bonds is 5. The summed E-state index contributed by atoms with van der Waals surface area (Å²) in [5.74, 6) is 3.64. The summed E-state index contributed by atoms with van der Waals surface area (Å²) in [4.78, 5) is 15.3. The second kappa shape index (κ2) is 12.4. The van der Waals surface area contributed by atoms with E-state index in [1.165, 1.54) is 33.2 Å². The normalized spacial score (nSPS) is 13.1. The molecular formula is C52H35N3O. The van der Waals surface area contributed by atoms with Crippen molar-refractivity contribution in [3.63, 3.8) is 0 Å². The van der Waals surface area contributed by atoms with E-state index in [0.717, 1.165) is 61.4 Å². The Balaban J connectivity index is 1.13. The average Bonchev–Trinajstić information content (AvgIpc) is 3.49. The van der Waals surface area contributed by atoms with Crippen LogP contribution >= 0.6 is 0 Å². The summed E-state index contributed by atoms with van der Waals surface area (Å²) < 4.78 is 6.50. The van der Waals surface area contributed by atoms with Gasteiger partial charge in [0, 0.05) is 33.1 Å². The van der Waals surface area contributed by atoms with Gasteiger partial charge in [-0.1, -0.05) is 147 Å². The van der Waals surface area contributed by atoms with Gasteiger partial charge in [-0.15, -0.1) is 0 Å². The molecule has 8 aromatic carbocycles. The number of hydrogen-bond donors (Lipinski definition) is 0. The van der Waals surface area contributed by atoms with Crippen LogP contribution in [0.25, 0.3) is 89.4 Å². The Morgan fingerprint density at radius 3 is 1.62 bits per heavy atom. The van der Waals surface area contributed by atoms with Crippen LogP contribution < -0.4 is 4.74 Å². The molecule has 2 heterocycles. The molecular weight excluding hydrogens is 683 g/mol. The van der Waals surface area contributed by atoms with Gasteiger partial charge >= 0.3 is 0 Å². The topological polar surface area (TPSA) is 47.9 Å². The number of nitrogens with zero attached hydrogens (tertiary/aromatic N) is 3. The minimum absolute atomic E-state index is 0.123. The largest absolute Gasteiger partial charge is 0.456 e. The lowest BCUT2D eigenvalue weighted by Gasteiger charge is -2.22. The highest BCUT2D eigenvalue weighted by molar-refractivity contribution is 6.04. The minimum Gasteiger partial charge on any atom is -0.456 e. The van der Waals surface area contributed by atoms with Gasteiger partial charge in [-0.05, 0) is 97.9 Å². The monoisotopic (exact) mass is 717 g/mol. The van der Waals surface area contributed by atoms with Crippen LogP contribution in [-0.2, 0) is 5.41 Å².